The van der Waals surface area contributed by atoms with Crippen LogP contribution >= 0.6 is 11.3 Å². The van der Waals surface area contributed by atoms with Crippen molar-refractivity contribution in [3.8, 4) is 5.75 Å². The third-order valence-corrected chi connectivity index (χ3v) is 3.60. The Bertz CT molecular complexity index is 555. The molecule has 0 amide bonds. The fourth-order valence-electron chi connectivity index (χ4n) is 1.79. The van der Waals surface area contributed by atoms with Gasteiger partial charge in [0.25, 0.3) is 0 Å². The highest BCUT2D eigenvalue weighted by molar-refractivity contribution is 7.09. The molecular formula is C13H14N2O3S. The van der Waals surface area contributed by atoms with E-state index >= 15 is 0 Å². The second kappa shape index (κ2) is 6.19. The lowest BCUT2D eigenvalue weighted by Gasteiger charge is -2.08. The molecule has 0 radical (unpaired) electrons. The summed E-state index contributed by atoms with van der Waals surface area (Å²) in [5, 5.41) is 16.2. The van der Waals surface area contributed by atoms with E-state index in [4.69, 9.17) is 4.74 Å². The number of anilines is 1. The average molecular weight is 278 g/mol. The van der Waals surface area contributed by atoms with E-state index in [2.05, 4.69) is 5.32 Å². The average Bonchev–Trinajstić information content (AvgIpc) is 2.91. The maximum absolute atomic E-state index is 11.1. The van der Waals surface area contributed by atoms with Gasteiger partial charge in [-0.05, 0) is 30.0 Å². The second-order valence-corrected chi connectivity index (χ2v) is 4.90. The molecule has 0 bridgehead atoms. The first-order chi connectivity index (χ1) is 9.22. The number of nitro groups is 1. The molecule has 2 rings (SSSR count). The van der Waals surface area contributed by atoms with Crippen LogP contribution in [-0.4, -0.2) is 18.6 Å². The minimum atomic E-state index is -0.424. The van der Waals surface area contributed by atoms with E-state index in [0.717, 1.165) is 6.42 Å². The predicted octanol–water partition coefficient (Wildman–Crippen LogP) is 3.32. The topological polar surface area (TPSA) is 64.4 Å². The van der Waals surface area contributed by atoms with Gasteiger partial charge in [-0.25, -0.2) is 0 Å². The lowest BCUT2D eigenvalue weighted by atomic mass is 10.2. The summed E-state index contributed by atoms with van der Waals surface area (Å²) in [5.41, 5.74) is 0.470. The highest BCUT2D eigenvalue weighted by atomic mass is 32.1. The molecule has 1 heterocycles. The van der Waals surface area contributed by atoms with E-state index in [0.29, 0.717) is 12.2 Å². The fraction of sp³-hybridized carbons (Fsp3) is 0.231. The summed E-state index contributed by atoms with van der Waals surface area (Å²) < 4.78 is 5.02. The largest absolute Gasteiger partial charge is 0.490 e. The molecule has 100 valence electrons. The van der Waals surface area contributed by atoms with Crippen molar-refractivity contribution in [3.05, 3.63) is 50.7 Å². The number of hydrogen-bond acceptors (Lipinski definition) is 5. The van der Waals surface area contributed by atoms with E-state index in [1.165, 1.54) is 12.0 Å². The normalized spacial score (nSPS) is 10.2. The van der Waals surface area contributed by atoms with Crippen LogP contribution in [0.2, 0.25) is 0 Å². The lowest BCUT2D eigenvalue weighted by molar-refractivity contribution is -0.384. The highest BCUT2D eigenvalue weighted by Gasteiger charge is 2.19. The van der Waals surface area contributed by atoms with Crippen LogP contribution in [0.5, 0.6) is 5.75 Å². The Morgan fingerprint density at radius 2 is 2.21 bits per heavy atom. The fourth-order valence-corrected chi connectivity index (χ4v) is 2.50. The molecule has 0 aliphatic heterocycles. The third kappa shape index (κ3) is 3.23. The van der Waals surface area contributed by atoms with Gasteiger partial charge in [0.05, 0.1) is 12.0 Å². The van der Waals surface area contributed by atoms with Crippen molar-refractivity contribution in [2.24, 2.45) is 0 Å². The Balaban J connectivity index is 2.09. The number of para-hydroxylation sites is 1. The van der Waals surface area contributed by atoms with E-state index in [9.17, 15) is 10.1 Å². The zero-order valence-electron chi connectivity index (χ0n) is 10.5. The summed E-state index contributed by atoms with van der Waals surface area (Å²) in [6, 6.07) is 9.05. The Hall–Kier alpha value is -2.08. The van der Waals surface area contributed by atoms with Crippen LogP contribution in [-0.2, 0) is 6.42 Å². The molecule has 6 heteroatoms. The second-order valence-electron chi connectivity index (χ2n) is 3.87. The number of hydrogen-bond donors (Lipinski definition) is 1. The molecule has 1 aromatic heterocycles. The lowest BCUT2D eigenvalue weighted by Crippen LogP contribution is -2.07. The molecule has 0 fully saturated rings. The van der Waals surface area contributed by atoms with Gasteiger partial charge < -0.3 is 10.1 Å². The van der Waals surface area contributed by atoms with Gasteiger partial charge in [-0.2, -0.15) is 0 Å². The minimum absolute atomic E-state index is 0.0174. The van der Waals surface area contributed by atoms with E-state index in [1.807, 2.05) is 17.5 Å². The van der Waals surface area contributed by atoms with Crippen molar-refractivity contribution in [2.75, 3.05) is 19.0 Å². The number of ether oxygens (including phenoxy) is 1. The molecule has 0 aliphatic rings. The number of thiophene rings is 1. The number of nitrogens with one attached hydrogen (secondary N) is 1. The first kappa shape index (κ1) is 13.4. The molecule has 0 aliphatic carbocycles. The summed E-state index contributed by atoms with van der Waals surface area (Å²) in [6.07, 6.45) is 0.839. The summed E-state index contributed by atoms with van der Waals surface area (Å²) in [5.74, 6) is 0.270. The van der Waals surface area contributed by atoms with E-state index in [-0.39, 0.29) is 11.4 Å². The van der Waals surface area contributed by atoms with E-state index < -0.39 is 4.92 Å². The first-order valence-electron chi connectivity index (χ1n) is 5.80. The molecule has 0 unspecified atom stereocenters. The van der Waals surface area contributed by atoms with Crippen LogP contribution < -0.4 is 10.1 Å². The van der Waals surface area contributed by atoms with Gasteiger partial charge in [0.2, 0.25) is 0 Å². The maximum Gasteiger partial charge on any atom is 0.333 e. The maximum atomic E-state index is 11.1. The van der Waals surface area contributed by atoms with Crippen LogP contribution in [0.4, 0.5) is 11.4 Å². The Kier molecular flexibility index (Phi) is 4.35. The zero-order valence-corrected chi connectivity index (χ0v) is 11.3. The van der Waals surface area contributed by atoms with Gasteiger partial charge in [0.1, 0.15) is 5.69 Å². The van der Waals surface area contributed by atoms with Crippen molar-refractivity contribution < 1.29 is 9.66 Å². The SMILES string of the molecule is COc1cccc(NCCc2cccs2)c1[N+](=O)[O-]. The van der Waals surface area contributed by atoms with Crippen molar-refractivity contribution in [1.29, 1.82) is 0 Å². The van der Waals surface area contributed by atoms with Crippen LogP contribution in [0, 0.1) is 10.1 Å². The molecule has 1 N–H and O–H groups in total. The molecule has 0 saturated carbocycles. The van der Waals surface area contributed by atoms with Gasteiger partial charge in [0.15, 0.2) is 5.75 Å². The number of methoxy groups -OCH3 is 1. The Labute approximate surface area is 115 Å². The Morgan fingerprint density at radius 3 is 2.84 bits per heavy atom. The monoisotopic (exact) mass is 278 g/mol. The molecule has 1 aromatic carbocycles. The standard InChI is InChI=1S/C13H14N2O3S/c1-18-12-6-2-5-11(13(12)15(16)17)14-8-7-10-4-3-9-19-10/h2-6,9,14H,7-8H2,1H3. The Morgan fingerprint density at radius 1 is 1.37 bits per heavy atom. The number of benzene rings is 1. The summed E-state index contributed by atoms with van der Waals surface area (Å²) in [6.45, 7) is 0.647. The van der Waals surface area contributed by atoms with Crippen LogP contribution in [0.15, 0.2) is 35.7 Å². The zero-order chi connectivity index (χ0) is 13.7. The van der Waals surface area contributed by atoms with Crippen molar-refractivity contribution >= 4 is 22.7 Å². The first-order valence-corrected chi connectivity index (χ1v) is 6.68. The summed E-state index contributed by atoms with van der Waals surface area (Å²) in [4.78, 5) is 11.9. The van der Waals surface area contributed by atoms with Crippen LogP contribution in [0.25, 0.3) is 0 Å². The minimum Gasteiger partial charge on any atom is -0.490 e. The molecule has 2 aromatic rings. The molecule has 5 nitrogen and oxygen atoms in total. The molecule has 0 atom stereocenters. The predicted molar refractivity (Wildman–Crippen MR) is 76.2 cm³/mol. The molecule has 0 spiro atoms. The van der Waals surface area contributed by atoms with Gasteiger partial charge in [-0.15, -0.1) is 11.3 Å². The summed E-state index contributed by atoms with van der Waals surface area (Å²) in [7, 11) is 1.43. The smallest absolute Gasteiger partial charge is 0.333 e. The van der Waals surface area contributed by atoms with Crippen molar-refractivity contribution in [1.82, 2.24) is 0 Å². The number of nitro benzene ring substituents is 1. The number of nitrogens with zero attached hydrogens (tertiary/aromatic N) is 1. The molecule has 0 saturated heterocycles. The van der Waals surface area contributed by atoms with Gasteiger partial charge >= 0.3 is 5.69 Å². The molecular weight excluding hydrogens is 264 g/mol. The highest BCUT2D eigenvalue weighted by Crippen LogP contribution is 2.34. The van der Waals surface area contributed by atoms with E-state index in [1.54, 1.807) is 29.5 Å². The summed E-state index contributed by atoms with van der Waals surface area (Å²) >= 11 is 1.68. The third-order valence-electron chi connectivity index (χ3n) is 2.67. The van der Waals surface area contributed by atoms with Crippen LogP contribution in [0.1, 0.15) is 4.88 Å². The number of rotatable bonds is 6. The van der Waals surface area contributed by atoms with Crippen molar-refractivity contribution in [3.63, 3.8) is 0 Å². The molecule has 19 heavy (non-hydrogen) atoms. The quantitative estimate of drug-likeness (QED) is 0.650. The van der Waals surface area contributed by atoms with Crippen molar-refractivity contribution in [2.45, 2.75) is 6.42 Å². The van der Waals surface area contributed by atoms with Gasteiger partial charge in [-0.3, -0.25) is 10.1 Å². The van der Waals surface area contributed by atoms with Crippen LogP contribution in [0.3, 0.4) is 0 Å². The van der Waals surface area contributed by atoms with Gasteiger partial charge in [0, 0.05) is 11.4 Å². The van der Waals surface area contributed by atoms with Gasteiger partial charge in [-0.1, -0.05) is 12.1 Å².